The van der Waals surface area contributed by atoms with E-state index < -0.39 is 0 Å². The third kappa shape index (κ3) is 8.56. The van der Waals surface area contributed by atoms with Crippen LogP contribution in [0.15, 0.2) is 97.3 Å². The smallest absolute Gasteiger partial charge is 0.254 e. The molecular formula is C53H50N8O4. The largest absolute Gasteiger partial charge is 0.379 e. The van der Waals surface area contributed by atoms with Crippen LogP contribution < -0.4 is 10.6 Å². The molecule has 2 amide bonds. The molecule has 12 rings (SSSR count). The molecule has 326 valence electrons. The number of hydrogen-bond acceptors (Lipinski definition) is 8. The lowest BCUT2D eigenvalue weighted by molar-refractivity contribution is 0.0342. The Balaban J connectivity index is 0.000000144. The van der Waals surface area contributed by atoms with E-state index in [0.717, 1.165) is 155 Å². The molecule has 12 heteroatoms. The Morgan fingerprint density at radius 1 is 0.554 bits per heavy atom. The minimum Gasteiger partial charge on any atom is -0.379 e. The first-order chi connectivity index (χ1) is 32.0. The molecule has 4 aliphatic rings. The number of fused-ring (bicyclic) bond motifs is 10. The van der Waals surface area contributed by atoms with Gasteiger partial charge in [-0.1, -0.05) is 84.9 Å². The summed E-state index contributed by atoms with van der Waals surface area (Å²) in [6.07, 6.45) is 13.1. The number of benzene rings is 4. The number of carbonyl (C=O) groups is 2. The molecule has 4 aliphatic heterocycles. The van der Waals surface area contributed by atoms with Crippen LogP contribution in [0.2, 0.25) is 0 Å². The van der Waals surface area contributed by atoms with Crippen LogP contribution in [-0.2, 0) is 35.5 Å². The second kappa shape index (κ2) is 17.9. The van der Waals surface area contributed by atoms with Crippen LogP contribution in [0.25, 0.3) is 67.7 Å². The number of aromatic amines is 2. The van der Waals surface area contributed by atoms with Crippen LogP contribution in [0.5, 0.6) is 0 Å². The monoisotopic (exact) mass is 862 g/mol. The maximum Gasteiger partial charge on any atom is 0.254 e. The van der Waals surface area contributed by atoms with Crippen LogP contribution in [0.3, 0.4) is 0 Å². The highest BCUT2D eigenvalue weighted by Crippen LogP contribution is 2.33. The van der Waals surface area contributed by atoms with Gasteiger partial charge in [-0.15, -0.1) is 0 Å². The normalized spacial score (nSPS) is 16.7. The Labute approximate surface area is 376 Å². The number of ether oxygens (including phenoxy) is 2. The molecule has 0 atom stereocenters. The van der Waals surface area contributed by atoms with Crippen molar-refractivity contribution in [2.24, 2.45) is 0 Å². The van der Waals surface area contributed by atoms with Gasteiger partial charge in [0.2, 0.25) is 0 Å². The predicted molar refractivity (Wildman–Crippen MR) is 257 cm³/mol. The molecule has 0 saturated carbocycles. The summed E-state index contributed by atoms with van der Waals surface area (Å²) < 4.78 is 10.9. The third-order valence-corrected chi connectivity index (χ3v) is 13.0. The van der Waals surface area contributed by atoms with E-state index in [2.05, 4.69) is 119 Å². The molecule has 4 aromatic heterocycles. The summed E-state index contributed by atoms with van der Waals surface area (Å²) in [6.45, 7) is 10.5. The van der Waals surface area contributed by atoms with E-state index in [0.29, 0.717) is 13.1 Å². The molecule has 12 nitrogen and oxygen atoms in total. The topological polar surface area (TPSA) is 140 Å². The lowest BCUT2D eigenvalue weighted by Gasteiger charge is -2.26. The highest BCUT2D eigenvalue weighted by molar-refractivity contribution is 6.17. The Hall–Kier alpha value is -6.96. The van der Waals surface area contributed by atoms with Crippen molar-refractivity contribution in [3.63, 3.8) is 0 Å². The predicted octanol–water partition coefficient (Wildman–Crippen LogP) is 7.97. The summed E-state index contributed by atoms with van der Waals surface area (Å²) in [7, 11) is 0. The fourth-order valence-corrected chi connectivity index (χ4v) is 9.46. The number of hydrogen-bond donors (Lipinski definition) is 4. The maximum atomic E-state index is 12.2. The van der Waals surface area contributed by atoms with Crippen LogP contribution in [0.1, 0.15) is 65.7 Å². The SMILES string of the molecule is O=C1NCc2[nH]c3c(ccc4cnc(C=Cc5ccc(CN6CCOCC6)cc5)cc43)c21.O=C1NCc2[nH]c3c(ccc4cnc(C=Cc5cccc(CCN6CCOCC6)c5)cc43)c21. The molecule has 0 bridgehead atoms. The maximum absolute atomic E-state index is 12.2. The first kappa shape index (κ1) is 40.8. The Kier molecular flexibility index (Phi) is 11.2. The summed E-state index contributed by atoms with van der Waals surface area (Å²) in [4.78, 5) is 45.4. The first-order valence-corrected chi connectivity index (χ1v) is 22.6. The number of morpholine rings is 2. The molecule has 8 aromatic rings. The van der Waals surface area contributed by atoms with Crippen molar-refractivity contribution >= 4 is 79.5 Å². The molecular weight excluding hydrogens is 813 g/mol. The van der Waals surface area contributed by atoms with Crippen molar-refractivity contribution in [2.45, 2.75) is 26.1 Å². The molecule has 2 fully saturated rings. The van der Waals surface area contributed by atoms with Gasteiger partial charge in [0.15, 0.2) is 0 Å². The van der Waals surface area contributed by atoms with Gasteiger partial charge in [-0.25, -0.2) is 0 Å². The van der Waals surface area contributed by atoms with E-state index in [-0.39, 0.29) is 11.8 Å². The van der Waals surface area contributed by atoms with E-state index in [4.69, 9.17) is 9.47 Å². The van der Waals surface area contributed by atoms with Gasteiger partial charge >= 0.3 is 0 Å². The van der Waals surface area contributed by atoms with Crippen LogP contribution in [-0.4, -0.2) is 101 Å². The van der Waals surface area contributed by atoms with Crippen LogP contribution in [0.4, 0.5) is 0 Å². The molecule has 0 radical (unpaired) electrons. The summed E-state index contributed by atoms with van der Waals surface area (Å²) in [5, 5.41) is 12.0. The average molecular weight is 863 g/mol. The number of aromatic nitrogens is 4. The number of nitrogens with zero attached hydrogens (tertiary/aromatic N) is 4. The van der Waals surface area contributed by atoms with E-state index in [1.54, 1.807) is 0 Å². The minimum atomic E-state index is -0.00292. The van der Waals surface area contributed by atoms with Gasteiger partial charge in [-0.2, -0.15) is 0 Å². The second-order valence-corrected chi connectivity index (χ2v) is 17.2. The van der Waals surface area contributed by atoms with E-state index in [9.17, 15) is 9.59 Å². The van der Waals surface area contributed by atoms with Crippen molar-refractivity contribution in [3.8, 4) is 0 Å². The highest BCUT2D eigenvalue weighted by atomic mass is 16.5. The van der Waals surface area contributed by atoms with Gasteiger partial charge in [-0.05, 0) is 53.0 Å². The van der Waals surface area contributed by atoms with Crippen molar-refractivity contribution in [2.75, 3.05) is 59.2 Å². The zero-order valence-electron chi connectivity index (χ0n) is 36.2. The number of carbonyl (C=O) groups excluding carboxylic acids is 2. The number of rotatable bonds is 9. The van der Waals surface area contributed by atoms with Gasteiger partial charge in [0.1, 0.15) is 0 Å². The van der Waals surface area contributed by atoms with Gasteiger partial charge in [-0.3, -0.25) is 29.4 Å². The van der Waals surface area contributed by atoms with Crippen molar-refractivity contribution in [1.82, 2.24) is 40.4 Å². The fourth-order valence-electron chi connectivity index (χ4n) is 9.46. The number of H-pyrrole nitrogens is 2. The minimum absolute atomic E-state index is 0.00160. The highest BCUT2D eigenvalue weighted by Gasteiger charge is 2.26. The van der Waals surface area contributed by atoms with E-state index >= 15 is 0 Å². The summed E-state index contributed by atoms with van der Waals surface area (Å²) in [5.41, 5.74) is 12.2. The van der Waals surface area contributed by atoms with Crippen LogP contribution >= 0.6 is 0 Å². The molecule has 65 heavy (non-hydrogen) atoms. The van der Waals surface area contributed by atoms with Crippen molar-refractivity contribution in [1.29, 1.82) is 0 Å². The third-order valence-electron chi connectivity index (χ3n) is 13.0. The van der Waals surface area contributed by atoms with Crippen molar-refractivity contribution < 1.29 is 19.1 Å². The fraction of sp³-hybridized carbons (Fsp3) is 0.245. The molecule has 4 aromatic carbocycles. The van der Waals surface area contributed by atoms with Gasteiger partial charge in [0.05, 0.1) is 73.1 Å². The quantitative estimate of drug-likeness (QED) is 0.115. The van der Waals surface area contributed by atoms with Gasteiger partial charge in [0, 0.05) is 95.4 Å². The Bertz CT molecular complexity index is 3150. The zero-order chi connectivity index (χ0) is 43.7. The molecule has 8 heterocycles. The van der Waals surface area contributed by atoms with Crippen LogP contribution in [0, 0.1) is 0 Å². The summed E-state index contributed by atoms with van der Waals surface area (Å²) in [6, 6.07) is 29.7. The Morgan fingerprint density at radius 2 is 1.11 bits per heavy atom. The van der Waals surface area contributed by atoms with Gasteiger partial charge in [0.25, 0.3) is 11.8 Å². The van der Waals surface area contributed by atoms with E-state index in [1.807, 2.05) is 42.7 Å². The van der Waals surface area contributed by atoms with E-state index in [1.165, 1.54) is 16.7 Å². The molecule has 0 spiro atoms. The molecule has 0 aliphatic carbocycles. The number of pyridine rings is 2. The second-order valence-electron chi connectivity index (χ2n) is 17.2. The standard InChI is InChI=1S/C27H26N4O2.C26H24N4O2/c32-27-25-22-7-5-20-16-28-21(15-23(20)26(22)30-24(25)17-29-27)6-4-18-2-1-3-19(14-18)8-9-31-10-12-33-13-11-31;31-26-24-21-8-6-19-14-27-20(13-22(19)25(21)29-23(24)15-28-26)7-5-17-1-3-18(4-2-17)16-30-9-11-32-12-10-30/h1-7,14-16,30H,8-13,17H2,(H,29,32);1-8,13-14,29H,9-12,15-16H2,(H,28,31). The zero-order valence-corrected chi connectivity index (χ0v) is 36.2. The molecule has 2 saturated heterocycles. The number of nitrogens with one attached hydrogen (secondary N) is 4. The summed E-state index contributed by atoms with van der Waals surface area (Å²) in [5.74, 6) is -0.00452. The first-order valence-electron chi connectivity index (χ1n) is 22.6. The van der Waals surface area contributed by atoms with Gasteiger partial charge < -0.3 is 30.1 Å². The average Bonchev–Trinajstić information content (AvgIpc) is 4.13. The lowest BCUT2D eigenvalue weighted by atomic mass is 10.0. The molecule has 0 unspecified atom stereocenters. The number of amides is 2. The summed E-state index contributed by atoms with van der Waals surface area (Å²) >= 11 is 0. The Morgan fingerprint density at radius 3 is 1.69 bits per heavy atom. The lowest BCUT2D eigenvalue weighted by Crippen LogP contribution is -2.37. The van der Waals surface area contributed by atoms with Crippen molar-refractivity contribution in [3.05, 3.63) is 153 Å². The molecule has 4 N–H and O–H groups in total.